The molecule has 1 fully saturated rings. The van der Waals surface area contributed by atoms with Crippen LogP contribution in [0.25, 0.3) is 0 Å². The van der Waals surface area contributed by atoms with E-state index in [-0.39, 0.29) is 0 Å². The molecule has 1 atom stereocenters. The Hall–Kier alpha value is -1.26. The number of nitrogens with one attached hydrogen (secondary N) is 1. The van der Waals surface area contributed by atoms with E-state index in [2.05, 4.69) is 54.5 Å². The number of benzene rings is 1. The van der Waals surface area contributed by atoms with Crippen LogP contribution in [0.4, 0.5) is 5.69 Å². The highest BCUT2D eigenvalue weighted by Crippen LogP contribution is 2.28. The second-order valence-electron chi connectivity index (χ2n) is 5.66. The van der Waals surface area contributed by atoms with Gasteiger partial charge >= 0.3 is 0 Å². The summed E-state index contributed by atoms with van der Waals surface area (Å²) < 4.78 is 5.45. The number of anilines is 1. The maximum absolute atomic E-state index is 5.45. The highest BCUT2D eigenvalue weighted by atomic mass is 16.5. The minimum Gasteiger partial charge on any atom is -0.495 e. The van der Waals surface area contributed by atoms with Gasteiger partial charge in [0.05, 0.1) is 12.8 Å². The van der Waals surface area contributed by atoms with Crippen molar-refractivity contribution in [3.8, 4) is 5.75 Å². The lowest BCUT2D eigenvalue weighted by Crippen LogP contribution is -2.23. The molecule has 1 aromatic carbocycles. The standard InChI is InChI=1S/C15H25N3O/c1-17(2)10-12-5-6-15(19-4)14(9-12)16-13-7-8-18(3)11-13/h5-6,9,13,16H,7-8,10-11H2,1-4H3. The SMILES string of the molecule is COc1ccc(CN(C)C)cc1NC1CCN(C)C1. The zero-order valence-corrected chi connectivity index (χ0v) is 12.4. The average molecular weight is 263 g/mol. The van der Waals surface area contributed by atoms with Crippen molar-refractivity contribution in [1.29, 1.82) is 0 Å². The van der Waals surface area contributed by atoms with Crippen molar-refractivity contribution < 1.29 is 4.74 Å². The maximum Gasteiger partial charge on any atom is 0.141 e. The van der Waals surface area contributed by atoms with Crippen LogP contribution in [-0.2, 0) is 6.54 Å². The van der Waals surface area contributed by atoms with Crippen molar-refractivity contribution in [2.45, 2.75) is 19.0 Å². The molecule has 0 amide bonds. The van der Waals surface area contributed by atoms with E-state index in [9.17, 15) is 0 Å². The summed E-state index contributed by atoms with van der Waals surface area (Å²) in [5.74, 6) is 0.928. The van der Waals surface area contributed by atoms with E-state index in [1.165, 1.54) is 12.0 Å². The van der Waals surface area contributed by atoms with Crippen LogP contribution in [0.15, 0.2) is 18.2 Å². The molecular formula is C15H25N3O. The third-order valence-corrected chi connectivity index (χ3v) is 3.51. The molecule has 0 bridgehead atoms. The van der Waals surface area contributed by atoms with Gasteiger partial charge in [-0.3, -0.25) is 0 Å². The van der Waals surface area contributed by atoms with Crippen molar-refractivity contribution in [3.63, 3.8) is 0 Å². The summed E-state index contributed by atoms with van der Waals surface area (Å²) in [5.41, 5.74) is 2.42. The molecule has 19 heavy (non-hydrogen) atoms. The first-order valence-corrected chi connectivity index (χ1v) is 6.85. The molecule has 1 aliphatic heterocycles. The van der Waals surface area contributed by atoms with Gasteiger partial charge in [0, 0.05) is 19.1 Å². The molecule has 0 radical (unpaired) electrons. The molecule has 1 aromatic rings. The molecule has 106 valence electrons. The Balaban J connectivity index is 2.11. The maximum atomic E-state index is 5.45. The van der Waals surface area contributed by atoms with Crippen LogP contribution in [-0.4, -0.2) is 57.2 Å². The Morgan fingerprint density at radius 2 is 2.21 bits per heavy atom. The van der Waals surface area contributed by atoms with Crippen molar-refractivity contribution in [2.75, 3.05) is 46.7 Å². The molecule has 1 aliphatic rings. The second-order valence-corrected chi connectivity index (χ2v) is 5.66. The molecule has 1 saturated heterocycles. The summed E-state index contributed by atoms with van der Waals surface area (Å²) in [5, 5.41) is 3.62. The van der Waals surface area contributed by atoms with E-state index >= 15 is 0 Å². The highest BCUT2D eigenvalue weighted by molar-refractivity contribution is 5.58. The Bertz CT molecular complexity index is 420. The lowest BCUT2D eigenvalue weighted by atomic mass is 10.1. The van der Waals surface area contributed by atoms with E-state index < -0.39 is 0 Å². The van der Waals surface area contributed by atoms with Crippen LogP contribution >= 0.6 is 0 Å². The predicted molar refractivity (Wildman–Crippen MR) is 79.9 cm³/mol. The number of nitrogens with zero attached hydrogens (tertiary/aromatic N) is 2. The van der Waals surface area contributed by atoms with Gasteiger partial charge in [-0.25, -0.2) is 0 Å². The lowest BCUT2D eigenvalue weighted by Gasteiger charge is -2.18. The van der Waals surface area contributed by atoms with Gasteiger partial charge in [-0.15, -0.1) is 0 Å². The van der Waals surface area contributed by atoms with E-state index in [4.69, 9.17) is 4.74 Å². The topological polar surface area (TPSA) is 27.7 Å². The zero-order valence-electron chi connectivity index (χ0n) is 12.4. The van der Waals surface area contributed by atoms with Gasteiger partial charge in [-0.05, 0) is 51.8 Å². The molecule has 4 heteroatoms. The summed E-state index contributed by atoms with van der Waals surface area (Å²) in [6.07, 6.45) is 1.19. The first-order chi connectivity index (χ1) is 9.08. The first kappa shape index (κ1) is 14.2. The van der Waals surface area contributed by atoms with Crippen LogP contribution < -0.4 is 10.1 Å². The Morgan fingerprint density at radius 1 is 1.42 bits per heavy atom. The third kappa shape index (κ3) is 3.85. The minimum absolute atomic E-state index is 0.522. The number of ether oxygens (including phenoxy) is 1. The van der Waals surface area contributed by atoms with Crippen molar-refractivity contribution in [2.24, 2.45) is 0 Å². The number of likely N-dealkylation sites (N-methyl/N-ethyl adjacent to an activating group) is 1. The fourth-order valence-electron chi connectivity index (χ4n) is 2.60. The van der Waals surface area contributed by atoms with E-state index in [1.807, 2.05) is 0 Å². The molecule has 1 heterocycles. The van der Waals surface area contributed by atoms with Crippen molar-refractivity contribution in [3.05, 3.63) is 23.8 Å². The lowest BCUT2D eigenvalue weighted by molar-refractivity contribution is 0.399. The smallest absolute Gasteiger partial charge is 0.141 e. The van der Waals surface area contributed by atoms with Crippen LogP contribution in [0.5, 0.6) is 5.75 Å². The summed E-state index contributed by atoms with van der Waals surface area (Å²) in [4.78, 5) is 4.53. The number of hydrogen-bond acceptors (Lipinski definition) is 4. The third-order valence-electron chi connectivity index (χ3n) is 3.51. The van der Waals surface area contributed by atoms with E-state index in [0.717, 1.165) is 31.1 Å². The summed E-state index contributed by atoms with van der Waals surface area (Å²) >= 11 is 0. The van der Waals surface area contributed by atoms with Crippen LogP contribution in [0.3, 0.4) is 0 Å². The minimum atomic E-state index is 0.522. The Kier molecular flexibility index (Phi) is 4.66. The molecule has 0 saturated carbocycles. The van der Waals surface area contributed by atoms with Gasteiger partial charge in [0.2, 0.25) is 0 Å². The normalized spacial score (nSPS) is 19.9. The quantitative estimate of drug-likeness (QED) is 0.878. The molecule has 0 aliphatic carbocycles. The van der Waals surface area contributed by atoms with Gasteiger partial charge < -0.3 is 19.9 Å². The molecule has 0 spiro atoms. The molecule has 2 rings (SSSR count). The predicted octanol–water partition coefficient (Wildman–Crippen LogP) is 1.87. The number of methoxy groups -OCH3 is 1. The van der Waals surface area contributed by atoms with Crippen molar-refractivity contribution >= 4 is 5.69 Å². The summed E-state index contributed by atoms with van der Waals surface area (Å²) in [7, 11) is 8.07. The van der Waals surface area contributed by atoms with Gasteiger partial charge in [-0.1, -0.05) is 6.07 Å². The second kappa shape index (κ2) is 6.26. The molecule has 1 unspecified atom stereocenters. The van der Waals surface area contributed by atoms with E-state index in [0.29, 0.717) is 6.04 Å². The fraction of sp³-hybridized carbons (Fsp3) is 0.600. The molecular weight excluding hydrogens is 238 g/mol. The molecule has 0 aromatic heterocycles. The summed E-state index contributed by atoms with van der Waals surface area (Å²) in [6, 6.07) is 6.91. The fourth-order valence-corrected chi connectivity index (χ4v) is 2.60. The largest absolute Gasteiger partial charge is 0.495 e. The zero-order chi connectivity index (χ0) is 13.8. The van der Waals surface area contributed by atoms with Gasteiger partial charge in [0.25, 0.3) is 0 Å². The number of rotatable bonds is 5. The van der Waals surface area contributed by atoms with Crippen LogP contribution in [0, 0.1) is 0 Å². The molecule has 1 N–H and O–H groups in total. The Morgan fingerprint density at radius 3 is 2.79 bits per heavy atom. The van der Waals surface area contributed by atoms with Gasteiger partial charge in [-0.2, -0.15) is 0 Å². The monoisotopic (exact) mass is 263 g/mol. The van der Waals surface area contributed by atoms with Gasteiger partial charge in [0.15, 0.2) is 0 Å². The Labute approximate surface area is 116 Å². The molecule has 4 nitrogen and oxygen atoms in total. The van der Waals surface area contributed by atoms with Crippen LogP contribution in [0.1, 0.15) is 12.0 Å². The highest BCUT2D eigenvalue weighted by Gasteiger charge is 2.20. The van der Waals surface area contributed by atoms with Crippen molar-refractivity contribution in [1.82, 2.24) is 9.80 Å². The first-order valence-electron chi connectivity index (χ1n) is 6.85. The van der Waals surface area contributed by atoms with Gasteiger partial charge in [0.1, 0.15) is 5.75 Å². The summed E-state index contributed by atoms with van der Waals surface area (Å²) in [6.45, 7) is 3.21. The number of hydrogen-bond donors (Lipinski definition) is 1. The average Bonchev–Trinajstić information content (AvgIpc) is 2.74. The number of likely N-dealkylation sites (tertiary alicyclic amines) is 1. The van der Waals surface area contributed by atoms with Crippen LogP contribution in [0.2, 0.25) is 0 Å². The van der Waals surface area contributed by atoms with E-state index in [1.54, 1.807) is 7.11 Å².